The van der Waals surface area contributed by atoms with Gasteiger partial charge in [0.05, 0.1) is 6.10 Å². The van der Waals surface area contributed by atoms with Crippen molar-refractivity contribution < 1.29 is 9.53 Å². The fourth-order valence-corrected chi connectivity index (χ4v) is 2.55. The van der Waals surface area contributed by atoms with Gasteiger partial charge in [0.15, 0.2) is 0 Å². The van der Waals surface area contributed by atoms with Crippen molar-refractivity contribution in [2.45, 2.75) is 37.5 Å². The van der Waals surface area contributed by atoms with E-state index in [0.717, 1.165) is 6.54 Å². The molecule has 0 radical (unpaired) electrons. The summed E-state index contributed by atoms with van der Waals surface area (Å²) < 4.78 is 5.56. The zero-order chi connectivity index (χ0) is 13.9. The van der Waals surface area contributed by atoms with E-state index in [1.165, 1.54) is 12.8 Å². The van der Waals surface area contributed by atoms with E-state index in [4.69, 9.17) is 4.74 Å². The normalized spacial score (nSPS) is 16.2. The number of nitrogens with zero attached hydrogens (tertiary/aromatic N) is 1. The quantitative estimate of drug-likeness (QED) is 0.812. The molecular formula is C14H20N2O2S. The van der Waals surface area contributed by atoms with Gasteiger partial charge in [0.25, 0.3) is 0 Å². The first-order valence-electron chi connectivity index (χ1n) is 6.51. The average Bonchev–Trinajstić information content (AvgIpc) is 3.16. The van der Waals surface area contributed by atoms with Crippen LogP contribution in [0, 0.1) is 0 Å². The second-order valence-corrected chi connectivity index (χ2v) is 6.37. The summed E-state index contributed by atoms with van der Waals surface area (Å²) >= 11 is 1.88. The van der Waals surface area contributed by atoms with Crippen molar-refractivity contribution in [2.75, 3.05) is 18.1 Å². The van der Waals surface area contributed by atoms with E-state index in [1.807, 2.05) is 25.6 Å². The molecular weight excluding hydrogens is 260 g/mol. The molecule has 0 spiro atoms. The van der Waals surface area contributed by atoms with Crippen LogP contribution in [0.5, 0.6) is 0 Å². The predicted octanol–water partition coefficient (Wildman–Crippen LogP) is 2.95. The number of rotatable bonds is 6. The third-order valence-electron chi connectivity index (χ3n) is 3.19. The van der Waals surface area contributed by atoms with Gasteiger partial charge in [0.1, 0.15) is 11.4 Å². The van der Waals surface area contributed by atoms with Crippen LogP contribution in [0.1, 0.15) is 37.0 Å². The first-order valence-corrected chi connectivity index (χ1v) is 7.74. The number of carbonyl (C=O) groups is 1. The summed E-state index contributed by atoms with van der Waals surface area (Å²) in [4.78, 5) is 16.2. The van der Waals surface area contributed by atoms with Crippen molar-refractivity contribution in [1.29, 1.82) is 0 Å². The van der Waals surface area contributed by atoms with Gasteiger partial charge in [-0.15, -0.1) is 0 Å². The van der Waals surface area contributed by atoms with Crippen molar-refractivity contribution in [2.24, 2.45) is 0 Å². The monoisotopic (exact) mass is 280 g/mol. The number of thioether (sulfide) groups is 1. The van der Waals surface area contributed by atoms with E-state index in [-0.39, 0.29) is 12.1 Å². The number of aromatic nitrogens is 1. The Morgan fingerprint density at radius 3 is 2.89 bits per heavy atom. The van der Waals surface area contributed by atoms with Crippen LogP contribution >= 0.6 is 11.8 Å². The second-order valence-electron chi connectivity index (χ2n) is 5.09. The molecule has 0 aliphatic heterocycles. The van der Waals surface area contributed by atoms with Crippen molar-refractivity contribution >= 4 is 23.5 Å². The lowest BCUT2D eigenvalue weighted by Gasteiger charge is -2.16. The second kappa shape index (κ2) is 5.82. The van der Waals surface area contributed by atoms with Gasteiger partial charge < -0.3 is 10.1 Å². The van der Waals surface area contributed by atoms with Crippen LogP contribution in [0.3, 0.4) is 0 Å². The third kappa shape index (κ3) is 3.62. The van der Waals surface area contributed by atoms with Gasteiger partial charge in [0.2, 0.25) is 0 Å². The predicted molar refractivity (Wildman–Crippen MR) is 78.8 cm³/mol. The molecule has 4 nitrogen and oxygen atoms in total. The van der Waals surface area contributed by atoms with Crippen molar-refractivity contribution in [1.82, 2.24) is 4.98 Å². The standard InChI is InChI=1S/C14H20N2O2S/c1-10(2)18-13(17)11-5-4-8-15-12(11)16-9-14(19-3)6-7-14/h4-5,8,10H,6-7,9H2,1-3H3,(H,15,16). The van der Waals surface area contributed by atoms with Gasteiger partial charge >= 0.3 is 5.97 Å². The molecule has 0 unspecified atom stereocenters. The number of esters is 1. The Bertz CT molecular complexity index is 459. The lowest BCUT2D eigenvalue weighted by Crippen LogP contribution is -2.21. The molecule has 1 saturated carbocycles. The number of pyridine rings is 1. The largest absolute Gasteiger partial charge is 0.459 e. The molecule has 2 rings (SSSR count). The summed E-state index contributed by atoms with van der Waals surface area (Å²) in [5.41, 5.74) is 0.508. The fourth-order valence-electron chi connectivity index (χ4n) is 1.83. The summed E-state index contributed by atoms with van der Waals surface area (Å²) in [7, 11) is 0. The molecule has 1 aromatic rings. The van der Waals surface area contributed by atoms with E-state index in [9.17, 15) is 4.79 Å². The van der Waals surface area contributed by atoms with Gasteiger partial charge in [-0.05, 0) is 45.1 Å². The molecule has 104 valence electrons. The number of anilines is 1. The van der Waals surface area contributed by atoms with E-state index in [0.29, 0.717) is 16.1 Å². The summed E-state index contributed by atoms with van der Waals surface area (Å²) in [5, 5.41) is 3.29. The highest BCUT2D eigenvalue weighted by atomic mass is 32.2. The summed E-state index contributed by atoms with van der Waals surface area (Å²) in [5.74, 6) is 0.299. The Morgan fingerprint density at radius 2 is 2.32 bits per heavy atom. The topological polar surface area (TPSA) is 51.2 Å². The molecule has 1 fully saturated rings. The van der Waals surface area contributed by atoms with Crippen LogP contribution in [0.4, 0.5) is 5.82 Å². The van der Waals surface area contributed by atoms with E-state index in [1.54, 1.807) is 18.3 Å². The number of hydrogen-bond acceptors (Lipinski definition) is 5. The lowest BCUT2D eigenvalue weighted by molar-refractivity contribution is 0.0378. The van der Waals surface area contributed by atoms with Crippen LogP contribution in [0.25, 0.3) is 0 Å². The molecule has 1 aliphatic carbocycles. The maximum absolute atomic E-state index is 12.0. The van der Waals surface area contributed by atoms with E-state index in [2.05, 4.69) is 16.6 Å². The van der Waals surface area contributed by atoms with Crippen molar-refractivity contribution in [3.63, 3.8) is 0 Å². The molecule has 0 amide bonds. The molecule has 0 atom stereocenters. The van der Waals surface area contributed by atoms with Gasteiger partial charge in [-0.25, -0.2) is 9.78 Å². The van der Waals surface area contributed by atoms with Crippen LogP contribution in [0.2, 0.25) is 0 Å². The maximum atomic E-state index is 12.0. The summed E-state index contributed by atoms with van der Waals surface area (Å²) in [6.07, 6.45) is 6.13. The fraction of sp³-hybridized carbons (Fsp3) is 0.571. The zero-order valence-electron chi connectivity index (χ0n) is 11.6. The first-order chi connectivity index (χ1) is 9.06. The van der Waals surface area contributed by atoms with Gasteiger partial charge in [-0.1, -0.05) is 0 Å². The number of nitrogens with one attached hydrogen (secondary N) is 1. The number of carbonyl (C=O) groups excluding carboxylic acids is 1. The molecule has 0 saturated heterocycles. The van der Waals surface area contributed by atoms with Gasteiger partial charge in [0, 0.05) is 17.5 Å². The highest BCUT2D eigenvalue weighted by molar-refractivity contribution is 8.00. The lowest BCUT2D eigenvalue weighted by atomic mass is 10.2. The van der Waals surface area contributed by atoms with Gasteiger partial charge in [-0.3, -0.25) is 0 Å². The first kappa shape index (κ1) is 14.2. The average molecular weight is 280 g/mol. The van der Waals surface area contributed by atoms with Crippen molar-refractivity contribution in [3.8, 4) is 0 Å². The molecule has 5 heteroatoms. The third-order valence-corrected chi connectivity index (χ3v) is 4.61. The van der Waals surface area contributed by atoms with Crippen molar-refractivity contribution in [3.05, 3.63) is 23.9 Å². The SMILES string of the molecule is CSC1(CNc2ncccc2C(=O)OC(C)C)CC1. The molecule has 0 bridgehead atoms. The highest BCUT2D eigenvalue weighted by Crippen LogP contribution is 2.47. The number of ether oxygens (including phenoxy) is 1. The Labute approximate surface area is 118 Å². The summed E-state index contributed by atoms with van der Waals surface area (Å²) in [6, 6.07) is 3.50. The molecule has 1 N–H and O–H groups in total. The van der Waals surface area contributed by atoms with Crippen LogP contribution < -0.4 is 5.32 Å². The molecule has 19 heavy (non-hydrogen) atoms. The maximum Gasteiger partial charge on any atom is 0.342 e. The molecule has 1 aromatic heterocycles. The molecule has 1 aliphatic rings. The summed E-state index contributed by atoms with van der Waals surface area (Å²) in [6.45, 7) is 4.52. The Kier molecular flexibility index (Phi) is 4.34. The highest BCUT2D eigenvalue weighted by Gasteiger charge is 2.41. The minimum absolute atomic E-state index is 0.124. The van der Waals surface area contributed by atoms with Crippen LogP contribution in [-0.4, -0.2) is 34.6 Å². The minimum Gasteiger partial charge on any atom is -0.459 e. The Morgan fingerprint density at radius 1 is 1.58 bits per heavy atom. The zero-order valence-corrected chi connectivity index (χ0v) is 12.4. The number of hydrogen-bond donors (Lipinski definition) is 1. The van der Waals surface area contributed by atoms with Crippen LogP contribution in [-0.2, 0) is 4.74 Å². The minimum atomic E-state index is -0.320. The molecule has 0 aromatic carbocycles. The van der Waals surface area contributed by atoms with E-state index < -0.39 is 0 Å². The molecule has 1 heterocycles. The smallest absolute Gasteiger partial charge is 0.342 e. The van der Waals surface area contributed by atoms with Crippen LogP contribution in [0.15, 0.2) is 18.3 Å². The van der Waals surface area contributed by atoms with E-state index >= 15 is 0 Å². The Hall–Kier alpha value is -1.23. The Balaban J connectivity index is 2.05. The van der Waals surface area contributed by atoms with Gasteiger partial charge in [-0.2, -0.15) is 11.8 Å².